The Bertz CT molecular complexity index is 263. The summed E-state index contributed by atoms with van der Waals surface area (Å²) in [6.07, 6.45) is 5.21. The normalized spacial score (nSPS) is 36.1. The molecule has 15 heavy (non-hydrogen) atoms. The first-order valence-corrected chi connectivity index (χ1v) is 5.77. The SMILES string of the molecule is CN(C)C1CCC(NC2CC2)(C(N)=O)C1. The Balaban J connectivity index is 2.04. The van der Waals surface area contributed by atoms with Crippen molar-refractivity contribution in [3.05, 3.63) is 0 Å². The molecule has 2 rings (SSSR count). The highest BCUT2D eigenvalue weighted by Crippen LogP contribution is 2.35. The number of primary amides is 1. The first-order valence-electron chi connectivity index (χ1n) is 5.77. The Morgan fingerprint density at radius 2 is 2.07 bits per heavy atom. The second kappa shape index (κ2) is 3.76. The van der Waals surface area contributed by atoms with Gasteiger partial charge in [-0.05, 0) is 46.2 Å². The third-order valence-electron chi connectivity index (χ3n) is 3.75. The van der Waals surface area contributed by atoms with E-state index in [1.54, 1.807) is 0 Å². The van der Waals surface area contributed by atoms with Crippen LogP contribution < -0.4 is 11.1 Å². The van der Waals surface area contributed by atoms with Crippen LogP contribution in [-0.4, -0.2) is 42.5 Å². The van der Waals surface area contributed by atoms with E-state index in [1.807, 2.05) is 0 Å². The smallest absolute Gasteiger partial charge is 0.237 e. The summed E-state index contributed by atoms with van der Waals surface area (Å²) in [6, 6.07) is 1.03. The van der Waals surface area contributed by atoms with E-state index in [0.29, 0.717) is 12.1 Å². The van der Waals surface area contributed by atoms with Gasteiger partial charge < -0.3 is 16.0 Å². The number of hydrogen-bond acceptors (Lipinski definition) is 3. The van der Waals surface area contributed by atoms with Gasteiger partial charge in [0.2, 0.25) is 5.91 Å². The van der Waals surface area contributed by atoms with Crippen molar-refractivity contribution in [1.29, 1.82) is 0 Å². The van der Waals surface area contributed by atoms with E-state index >= 15 is 0 Å². The lowest BCUT2D eigenvalue weighted by Crippen LogP contribution is -2.55. The summed E-state index contributed by atoms with van der Waals surface area (Å²) >= 11 is 0. The van der Waals surface area contributed by atoms with Crippen LogP contribution in [0.15, 0.2) is 0 Å². The first-order chi connectivity index (χ1) is 7.03. The minimum Gasteiger partial charge on any atom is -0.368 e. The maximum atomic E-state index is 11.6. The van der Waals surface area contributed by atoms with Crippen molar-refractivity contribution in [2.45, 2.75) is 49.7 Å². The Morgan fingerprint density at radius 1 is 1.40 bits per heavy atom. The Labute approximate surface area is 91.2 Å². The minimum absolute atomic E-state index is 0.168. The van der Waals surface area contributed by atoms with Crippen molar-refractivity contribution in [1.82, 2.24) is 10.2 Å². The molecule has 4 nitrogen and oxygen atoms in total. The molecule has 2 aliphatic carbocycles. The van der Waals surface area contributed by atoms with Crippen molar-refractivity contribution in [3.8, 4) is 0 Å². The maximum Gasteiger partial charge on any atom is 0.237 e. The molecule has 0 aromatic carbocycles. The second-order valence-electron chi connectivity index (χ2n) is 5.23. The van der Waals surface area contributed by atoms with Gasteiger partial charge in [0.15, 0.2) is 0 Å². The molecule has 0 spiro atoms. The number of carbonyl (C=O) groups is 1. The first kappa shape index (κ1) is 10.9. The van der Waals surface area contributed by atoms with Gasteiger partial charge >= 0.3 is 0 Å². The number of rotatable bonds is 4. The van der Waals surface area contributed by atoms with Crippen molar-refractivity contribution >= 4 is 5.91 Å². The van der Waals surface area contributed by atoms with Gasteiger partial charge in [-0.25, -0.2) is 0 Å². The summed E-state index contributed by atoms with van der Waals surface area (Å²) < 4.78 is 0. The molecule has 2 fully saturated rings. The van der Waals surface area contributed by atoms with Crippen LogP contribution in [0.25, 0.3) is 0 Å². The molecule has 0 aromatic heterocycles. The molecular weight excluding hydrogens is 190 g/mol. The number of carbonyl (C=O) groups excluding carboxylic acids is 1. The molecule has 0 saturated heterocycles. The van der Waals surface area contributed by atoms with Crippen LogP contribution in [0.5, 0.6) is 0 Å². The lowest BCUT2D eigenvalue weighted by molar-refractivity contribution is -0.124. The number of nitrogens with one attached hydrogen (secondary N) is 1. The highest BCUT2D eigenvalue weighted by Gasteiger charge is 2.47. The molecule has 3 N–H and O–H groups in total. The molecule has 2 unspecified atom stereocenters. The molecule has 2 saturated carbocycles. The molecule has 0 bridgehead atoms. The molecule has 1 amide bonds. The highest BCUT2D eigenvalue weighted by molar-refractivity contribution is 5.85. The summed E-state index contributed by atoms with van der Waals surface area (Å²) in [4.78, 5) is 13.8. The number of hydrogen-bond donors (Lipinski definition) is 2. The van der Waals surface area contributed by atoms with Gasteiger partial charge in [-0.15, -0.1) is 0 Å². The third-order valence-corrected chi connectivity index (χ3v) is 3.75. The molecule has 4 heteroatoms. The molecule has 86 valence electrons. The quantitative estimate of drug-likeness (QED) is 0.692. The molecule has 0 heterocycles. The van der Waals surface area contributed by atoms with Crippen LogP contribution in [0.1, 0.15) is 32.1 Å². The zero-order valence-corrected chi connectivity index (χ0v) is 9.62. The summed E-state index contributed by atoms with van der Waals surface area (Å²) in [5.41, 5.74) is 5.13. The van der Waals surface area contributed by atoms with E-state index in [9.17, 15) is 4.79 Å². The fraction of sp³-hybridized carbons (Fsp3) is 0.909. The van der Waals surface area contributed by atoms with Crippen LogP contribution in [-0.2, 0) is 4.79 Å². The molecule has 0 radical (unpaired) electrons. The van der Waals surface area contributed by atoms with E-state index in [4.69, 9.17) is 5.73 Å². The maximum absolute atomic E-state index is 11.6. The zero-order valence-electron chi connectivity index (χ0n) is 9.62. The van der Waals surface area contributed by atoms with Gasteiger partial charge in [-0.1, -0.05) is 0 Å². The van der Waals surface area contributed by atoms with Crippen LogP contribution in [0.4, 0.5) is 0 Å². The summed E-state index contributed by atoms with van der Waals surface area (Å²) in [7, 11) is 4.14. The van der Waals surface area contributed by atoms with Gasteiger partial charge in [0, 0.05) is 12.1 Å². The van der Waals surface area contributed by atoms with Crippen LogP contribution >= 0.6 is 0 Å². The van der Waals surface area contributed by atoms with Gasteiger partial charge in [0.05, 0.1) is 5.54 Å². The largest absolute Gasteiger partial charge is 0.368 e. The van der Waals surface area contributed by atoms with E-state index in [-0.39, 0.29) is 5.91 Å². The highest BCUT2D eigenvalue weighted by atomic mass is 16.1. The lowest BCUT2D eigenvalue weighted by atomic mass is 9.96. The second-order valence-corrected chi connectivity index (χ2v) is 5.23. The number of amides is 1. The minimum atomic E-state index is -0.421. The molecule has 0 aromatic rings. The van der Waals surface area contributed by atoms with Gasteiger partial charge in [0.1, 0.15) is 0 Å². The van der Waals surface area contributed by atoms with E-state index < -0.39 is 5.54 Å². The summed E-state index contributed by atoms with van der Waals surface area (Å²) in [5, 5.41) is 3.45. The van der Waals surface area contributed by atoms with E-state index in [2.05, 4.69) is 24.3 Å². The number of nitrogens with zero attached hydrogens (tertiary/aromatic N) is 1. The van der Waals surface area contributed by atoms with Gasteiger partial charge in [-0.2, -0.15) is 0 Å². The van der Waals surface area contributed by atoms with E-state index in [0.717, 1.165) is 19.3 Å². The van der Waals surface area contributed by atoms with Gasteiger partial charge in [0.25, 0.3) is 0 Å². The Morgan fingerprint density at radius 3 is 2.47 bits per heavy atom. The van der Waals surface area contributed by atoms with E-state index in [1.165, 1.54) is 12.8 Å². The Kier molecular flexibility index (Phi) is 2.73. The zero-order chi connectivity index (χ0) is 11.1. The fourth-order valence-electron chi connectivity index (χ4n) is 2.50. The number of nitrogens with two attached hydrogens (primary N) is 1. The monoisotopic (exact) mass is 211 g/mol. The standard InChI is InChI=1S/C11H21N3O/c1-14(2)9-5-6-11(7-9,10(12)15)13-8-3-4-8/h8-9,13H,3-7H2,1-2H3,(H2,12,15). The predicted molar refractivity (Wildman–Crippen MR) is 59.4 cm³/mol. The van der Waals surface area contributed by atoms with Crippen molar-refractivity contribution in [2.75, 3.05) is 14.1 Å². The van der Waals surface area contributed by atoms with Crippen molar-refractivity contribution < 1.29 is 4.79 Å². The lowest BCUT2D eigenvalue weighted by Gasteiger charge is -2.28. The molecular formula is C11H21N3O. The Hall–Kier alpha value is -0.610. The molecule has 2 aliphatic rings. The summed E-state index contributed by atoms with van der Waals surface area (Å²) in [6.45, 7) is 0. The topological polar surface area (TPSA) is 58.4 Å². The van der Waals surface area contributed by atoms with Crippen molar-refractivity contribution in [2.24, 2.45) is 5.73 Å². The predicted octanol–water partition coefficient (Wildman–Crippen LogP) is 0.0766. The van der Waals surface area contributed by atoms with Gasteiger partial charge in [-0.3, -0.25) is 4.79 Å². The third kappa shape index (κ3) is 2.16. The van der Waals surface area contributed by atoms with Crippen LogP contribution in [0, 0.1) is 0 Å². The average molecular weight is 211 g/mol. The molecule has 0 aliphatic heterocycles. The summed E-state index contributed by atoms with van der Waals surface area (Å²) in [5.74, 6) is -0.168. The fourth-order valence-corrected chi connectivity index (χ4v) is 2.50. The van der Waals surface area contributed by atoms with Crippen LogP contribution in [0.3, 0.4) is 0 Å². The van der Waals surface area contributed by atoms with Crippen molar-refractivity contribution in [3.63, 3.8) is 0 Å². The average Bonchev–Trinajstić information content (AvgIpc) is 2.82. The molecule has 2 atom stereocenters. The van der Waals surface area contributed by atoms with Crippen LogP contribution in [0.2, 0.25) is 0 Å².